The third-order valence-corrected chi connectivity index (χ3v) is 3.60. The standard InChI is InChI=1S/C12H21NO9/c1-12(11(20)21)2-5(16)8(13-7(18)4-15)10(22-12)9(19)6(17)3-14/h5-6,8-10,14-17,19H,2-4H2,1H3,(H,13,18)(H,20,21)/t5?,6-,8-,9-,10?,12-/m1/s1. The van der Waals surface area contributed by atoms with E-state index in [1.54, 1.807) is 0 Å². The molecule has 128 valence electrons. The number of aliphatic hydroxyl groups is 5. The molecule has 7 N–H and O–H groups in total. The summed E-state index contributed by atoms with van der Waals surface area (Å²) in [4.78, 5) is 22.5. The molecule has 0 bridgehead atoms. The zero-order valence-electron chi connectivity index (χ0n) is 11.9. The lowest BCUT2D eigenvalue weighted by molar-refractivity contribution is -0.224. The molecule has 1 amide bonds. The molecule has 0 radical (unpaired) electrons. The first-order chi connectivity index (χ1) is 10.2. The van der Waals surface area contributed by atoms with Crippen LogP contribution in [0.2, 0.25) is 0 Å². The van der Waals surface area contributed by atoms with Crippen LogP contribution < -0.4 is 5.32 Å². The van der Waals surface area contributed by atoms with Crippen molar-refractivity contribution >= 4 is 11.9 Å². The van der Waals surface area contributed by atoms with Crippen LogP contribution in [0.3, 0.4) is 0 Å². The summed E-state index contributed by atoms with van der Waals surface area (Å²) in [5, 5.41) is 58.6. The Morgan fingerprint density at radius 3 is 2.41 bits per heavy atom. The van der Waals surface area contributed by atoms with E-state index in [-0.39, 0.29) is 6.42 Å². The Hall–Kier alpha value is -1.30. The average Bonchev–Trinajstić information content (AvgIpc) is 2.47. The van der Waals surface area contributed by atoms with Gasteiger partial charge in [-0.1, -0.05) is 0 Å². The van der Waals surface area contributed by atoms with Crippen LogP contribution in [0, 0.1) is 0 Å². The third-order valence-electron chi connectivity index (χ3n) is 3.60. The fourth-order valence-electron chi connectivity index (χ4n) is 2.32. The summed E-state index contributed by atoms with van der Waals surface area (Å²) in [6, 6.07) is -1.26. The van der Waals surface area contributed by atoms with E-state index >= 15 is 0 Å². The highest BCUT2D eigenvalue weighted by atomic mass is 16.6. The fraction of sp³-hybridized carbons (Fsp3) is 0.833. The number of amides is 1. The van der Waals surface area contributed by atoms with E-state index < -0.39 is 61.1 Å². The molecule has 0 aromatic heterocycles. The minimum atomic E-state index is -1.85. The van der Waals surface area contributed by atoms with E-state index in [9.17, 15) is 24.9 Å². The minimum Gasteiger partial charge on any atom is -0.479 e. The molecule has 1 heterocycles. The lowest BCUT2D eigenvalue weighted by Gasteiger charge is -2.45. The number of nitrogens with one attached hydrogen (secondary N) is 1. The molecule has 1 fully saturated rings. The van der Waals surface area contributed by atoms with Gasteiger partial charge >= 0.3 is 5.97 Å². The highest BCUT2D eigenvalue weighted by Gasteiger charge is 2.52. The Balaban J connectivity index is 3.07. The first kappa shape index (κ1) is 18.7. The summed E-state index contributed by atoms with van der Waals surface area (Å²) in [6.45, 7) is -0.542. The summed E-state index contributed by atoms with van der Waals surface area (Å²) in [5.41, 5.74) is -1.85. The van der Waals surface area contributed by atoms with Crippen LogP contribution in [0.5, 0.6) is 0 Å². The van der Waals surface area contributed by atoms with Crippen LogP contribution in [-0.4, -0.2) is 91.8 Å². The highest BCUT2D eigenvalue weighted by Crippen LogP contribution is 2.31. The summed E-state index contributed by atoms with van der Waals surface area (Å²) in [7, 11) is 0. The summed E-state index contributed by atoms with van der Waals surface area (Å²) in [6.07, 6.45) is -6.71. The number of carbonyl (C=O) groups is 2. The largest absolute Gasteiger partial charge is 0.479 e. The Kier molecular flexibility index (Phi) is 6.23. The summed E-state index contributed by atoms with van der Waals surface area (Å²) < 4.78 is 5.27. The number of rotatable bonds is 6. The van der Waals surface area contributed by atoms with E-state index in [2.05, 4.69) is 5.32 Å². The Morgan fingerprint density at radius 2 is 1.95 bits per heavy atom. The van der Waals surface area contributed by atoms with Gasteiger partial charge in [-0.2, -0.15) is 0 Å². The fourth-order valence-corrected chi connectivity index (χ4v) is 2.32. The average molecular weight is 323 g/mol. The SMILES string of the molecule is C[C@]1(C(=O)O)CC(O)[C@@H](NC(=O)CO)C([C@H](O)[C@H](O)CO)O1. The van der Waals surface area contributed by atoms with Gasteiger partial charge in [-0.05, 0) is 6.92 Å². The lowest BCUT2D eigenvalue weighted by atomic mass is 9.84. The normalized spacial score (nSPS) is 34.7. The Bertz CT molecular complexity index is 417. The minimum absolute atomic E-state index is 0.378. The molecule has 0 aromatic rings. The van der Waals surface area contributed by atoms with Gasteiger partial charge in [-0.25, -0.2) is 4.79 Å². The number of ether oxygens (including phenoxy) is 1. The smallest absolute Gasteiger partial charge is 0.335 e. The van der Waals surface area contributed by atoms with E-state index in [1.807, 2.05) is 0 Å². The monoisotopic (exact) mass is 323 g/mol. The quantitative estimate of drug-likeness (QED) is 0.258. The van der Waals surface area contributed by atoms with E-state index in [0.717, 1.165) is 0 Å². The lowest BCUT2D eigenvalue weighted by Crippen LogP contribution is -2.66. The van der Waals surface area contributed by atoms with Crippen molar-refractivity contribution in [2.45, 2.75) is 49.4 Å². The van der Waals surface area contributed by atoms with Gasteiger partial charge in [0.05, 0.1) is 18.8 Å². The van der Waals surface area contributed by atoms with Crippen molar-refractivity contribution in [3.05, 3.63) is 0 Å². The molecule has 22 heavy (non-hydrogen) atoms. The van der Waals surface area contributed by atoms with Gasteiger partial charge in [0, 0.05) is 6.42 Å². The zero-order valence-corrected chi connectivity index (χ0v) is 11.9. The number of hydrogen-bond donors (Lipinski definition) is 7. The molecule has 0 saturated carbocycles. The van der Waals surface area contributed by atoms with Gasteiger partial charge < -0.3 is 40.7 Å². The molecular formula is C12H21NO9. The number of aliphatic hydroxyl groups excluding tert-OH is 5. The van der Waals surface area contributed by atoms with Gasteiger partial charge in [0.2, 0.25) is 5.91 Å². The second-order valence-corrected chi connectivity index (χ2v) is 5.38. The topological polar surface area (TPSA) is 177 Å². The third kappa shape index (κ3) is 3.91. The van der Waals surface area contributed by atoms with Crippen molar-refractivity contribution in [2.24, 2.45) is 0 Å². The molecule has 6 atom stereocenters. The second kappa shape index (κ2) is 7.31. The molecule has 1 saturated heterocycles. The molecule has 10 heteroatoms. The molecule has 0 aromatic carbocycles. The maximum atomic E-state index is 11.3. The van der Waals surface area contributed by atoms with Crippen LogP contribution in [0.4, 0.5) is 0 Å². The Morgan fingerprint density at radius 1 is 1.36 bits per heavy atom. The van der Waals surface area contributed by atoms with Crippen molar-refractivity contribution in [2.75, 3.05) is 13.2 Å². The van der Waals surface area contributed by atoms with Crippen molar-refractivity contribution < 1.29 is 45.0 Å². The van der Waals surface area contributed by atoms with E-state index in [0.29, 0.717) is 0 Å². The van der Waals surface area contributed by atoms with Gasteiger partial charge in [0.1, 0.15) is 24.9 Å². The van der Waals surface area contributed by atoms with Crippen LogP contribution in [0.15, 0.2) is 0 Å². The molecular weight excluding hydrogens is 302 g/mol. The molecule has 1 rings (SSSR count). The first-order valence-corrected chi connectivity index (χ1v) is 6.62. The predicted octanol–water partition coefficient (Wildman–Crippen LogP) is -3.83. The van der Waals surface area contributed by atoms with Gasteiger partial charge in [-0.15, -0.1) is 0 Å². The van der Waals surface area contributed by atoms with Gasteiger partial charge in [0.25, 0.3) is 0 Å². The van der Waals surface area contributed by atoms with Crippen molar-refractivity contribution in [3.8, 4) is 0 Å². The van der Waals surface area contributed by atoms with E-state index in [1.165, 1.54) is 6.92 Å². The summed E-state index contributed by atoms with van der Waals surface area (Å²) in [5.74, 6) is -2.27. The van der Waals surface area contributed by atoms with E-state index in [4.69, 9.17) is 20.1 Å². The van der Waals surface area contributed by atoms with Crippen molar-refractivity contribution in [3.63, 3.8) is 0 Å². The number of hydrogen-bond acceptors (Lipinski definition) is 8. The van der Waals surface area contributed by atoms with Crippen LogP contribution in [0.1, 0.15) is 13.3 Å². The van der Waals surface area contributed by atoms with Crippen LogP contribution in [0.25, 0.3) is 0 Å². The molecule has 0 spiro atoms. The Labute approximate surface area is 125 Å². The molecule has 0 aliphatic carbocycles. The maximum absolute atomic E-state index is 11.3. The highest BCUT2D eigenvalue weighted by molar-refractivity contribution is 5.78. The van der Waals surface area contributed by atoms with Crippen LogP contribution in [-0.2, 0) is 14.3 Å². The van der Waals surface area contributed by atoms with Crippen molar-refractivity contribution in [1.82, 2.24) is 5.32 Å². The van der Waals surface area contributed by atoms with Gasteiger partial charge in [-0.3, -0.25) is 4.79 Å². The maximum Gasteiger partial charge on any atom is 0.335 e. The number of aliphatic carboxylic acids is 1. The number of carbonyl (C=O) groups excluding carboxylic acids is 1. The van der Waals surface area contributed by atoms with Gasteiger partial charge in [0.15, 0.2) is 5.60 Å². The number of carboxylic acids is 1. The predicted molar refractivity (Wildman–Crippen MR) is 69.7 cm³/mol. The zero-order chi connectivity index (χ0) is 17.1. The molecule has 1 aliphatic heterocycles. The molecule has 10 nitrogen and oxygen atoms in total. The van der Waals surface area contributed by atoms with Crippen LogP contribution >= 0.6 is 0 Å². The summed E-state index contributed by atoms with van der Waals surface area (Å²) >= 11 is 0. The first-order valence-electron chi connectivity index (χ1n) is 6.62. The second-order valence-electron chi connectivity index (χ2n) is 5.38. The molecule has 2 unspecified atom stereocenters. The number of carboxylic acid groups (broad SMARTS) is 1. The molecule has 1 aliphatic rings. The van der Waals surface area contributed by atoms with Crippen molar-refractivity contribution in [1.29, 1.82) is 0 Å².